The van der Waals surface area contributed by atoms with Gasteiger partial charge in [-0.05, 0) is 36.8 Å². The van der Waals surface area contributed by atoms with Gasteiger partial charge in [-0.25, -0.2) is 0 Å². The molecule has 0 amide bonds. The van der Waals surface area contributed by atoms with Crippen LogP contribution in [0.2, 0.25) is 0 Å². The predicted molar refractivity (Wildman–Crippen MR) is 83.4 cm³/mol. The van der Waals surface area contributed by atoms with Gasteiger partial charge in [-0.1, -0.05) is 72.3 Å². The first kappa shape index (κ1) is 17.2. The number of rotatable bonds is 4. The molecule has 0 saturated carbocycles. The van der Waals surface area contributed by atoms with E-state index in [9.17, 15) is 0 Å². The first-order valence-corrected chi connectivity index (χ1v) is 6.93. The molecule has 0 saturated heterocycles. The minimum absolute atomic E-state index is 0.0399. The van der Waals surface area contributed by atoms with E-state index < -0.39 is 0 Å². The van der Waals surface area contributed by atoms with E-state index in [0.717, 1.165) is 0 Å². The first-order valence-electron chi connectivity index (χ1n) is 6.93. The van der Waals surface area contributed by atoms with Gasteiger partial charge in [-0.3, -0.25) is 0 Å². The molecule has 0 heterocycles. The minimum Gasteiger partial charge on any atom is -0.0823 e. The van der Waals surface area contributed by atoms with E-state index in [-0.39, 0.29) is 10.8 Å². The molecule has 0 nitrogen and oxygen atoms in total. The van der Waals surface area contributed by atoms with Crippen molar-refractivity contribution in [3.05, 3.63) is 35.5 Å². The van der Waals surface area contributed by atoms with Gasteiger partial charge in [-0.15, -0.1) is 0 Å². The highest BCUT2D eigenvalue weighted by Gasteiger charge is 2.19. The molecule has 0 spiro atoms. The Hall–Kier alpha value is -0.780. The van der Waals surface area contributed by atoms with Crippen LogP contribution < -0.4 is 0 Å². The molecule has 0 rings (SSSR count). The third-order valence-electron chi connectivity index (χ3n) is 3.25. The van der Waals surface area contributed by atoms with Crippen molar-refractivity contribution in [1.29, 1.82) is 0 Å². The third kappa shape index (κ3) is 6.23. The molecule has 0 aromatic carbocycles. The molecule has 0 atom stereocenters. The highest BCUT2D eigenvalue weighted by molar-refractivity contribution is 5.31. The van der Waals surface area contributed by atoms with Crippen molar-refractivity contribution in [3.8, 4) is 0 Å². The summed E-state index contributed by atoms with van der Waals surface area (Å²) in [6.07, 6.45) is 10.2. The smallest absolute Gasteiger partial charge is 0.00782 e. The van der Waals surface area contributed by atoms with Gasteiger partial charge in [0.1, 0.15) is 0 Å². The fraction of sp³-hybridized carbons (Fsp3) is 0.667. The Kier molecular flexibility index (Phi) is 6.13. The van der Waals surface area contributed by atoms with E-state index in [1.165, 1.54) is 11.1 Å². The quantitative estimate of drug-likeness (QED) is 0.424. The fourth-order valence-electron chi connectivity index (χ4n) is 1.52. The molecule has 18 heavy (non-hydrogen) atoms. The summed E-state index contributed by atoms with van der Waals surface area (Å²) in [7, 11) is 0. The molecule has 0 aromatic heterocycles. The van der Waals surface area contributed by atoms with E-state index >= 15 is 0 Å². The topological polar surface area (TPSA) is 0 Å². The Morgan fingerprint density at radius 1 is 1.00 bits per heavy atom. The summed E-state index contributed by atoms with van der Waals surface area (Å²) in [6, 6.07) is 0. The summed E-state index contributed by atoms with van der Waals surface area (Å²) < 4.78 is 0. The van der Waals surface area contributed by atoms with Crippen LogP contribution in [0.15, 0.2) is 29.4 Å². The van der Waals surface area contributed by atoms with Gasteiger partial charge in [0.2, 0.25) is 0 Å². The van der Waals surface area contributed by atoms with Crippen molar-refractivity contribution < 1.29 is 0 Å². The Morgan fingerprint density at radius 2 is 1.50 bits per heavy atom. The zero-order chi connectivity index (χ0) is 14.6. The lowest BCUT2D eigenvalue weighted by molar-refractivity contribution is 0.519. The van der Waals surface area contributed by atoms with Crippen LogP contribution in [0.4, 0.5) is 0 Å². The Bertz CT molecular complexity index is 341. The average Bonchev–Trinajstić information content (AvgIpc) is 2.21. The number of hydrogen-bond acceptors (Lipinski definition) is 0. The molecular formula is C18H31. The van der Waals surface area contributed by atoms with Crippen LogP contribution in [-0.2, 0) is 0 Å². The zero-order valence-corrected chi connectivity index (χ0v) is 13.8. The van der Waals surface area contributed by atoms with Crippen LogP contribution in [0.25, 0.3) is 0 Å². The van der Waals surface area contributed by atoms with Crippen molar-refractivity contribution in [2.45, 2.75) is 62.3 Å². The summed E-state index contributed by atoms with van der Waals surface area (Å²) in [5.74, 6) is 0.593. The van der Waals surface area contributed by atoms with Gasteiger partial charge in [0.25, 0.3) is 0 Å². The van der Waals surface area contributed by atoms with E-state index in [1.807, 2.05) is 6.92 Å². The second-order valence-corrected chi connectivity index (χ2v) is 7.13. The van der Waals surface area contributed by atoms with Gasteiger partial charge < -0.3 is 0 Å². The van der Waals surface area contributed by atoms with Gasteiger partial charge >= 0.3 is 0 Å². The third-order valence-corrected chi connectivity index (χ3v) is 3.25. The van der Waals surface area contributed by atoms with Crippen LogP contribution in [0.5, 0.6) is 0 Å². The predicted octanol–water partition coefficient (Wildman–Crippen LogP) is 5.97. The molecule has 0 aliphatic rings. The number of allylic oxidation sites excluding steroid dienone is 6. The van der Waals surface area contributed by atoms with Crippen molar-refractivity contribution in [3.63, 3.8) is 0 Å². The summed E-state index contributed by atoms with van der Waals surface area (Å²) >= 11 is 0. The zero-order valence-electron chi connectivity index (χ0n) is 13.8. The van der Waals surface area contributed by atoms with E-state index in [0.29, 0.717) is 5.92 Å². The minimum atomic E-state index is 0.0399. The molecule has 103 valence electrons. The molecule has 0 N–H and O–H groups in total. The van der Waals surface area contributed by atoms with Gasteiger partial charge in [0.05, 0.1) is 0 Å². The summed E-state index contributed by atoms with van der Waals surface area (Å²) in [5, 5.41) is 0. The molecule has 0 aliphatic heterocycles. The Morgan fingerprint density at radius 3 is 1.83 bits per heavy atom. The summed E-state index contributed by atoms with van der Waals surface area (Å²) in [5.41, 5.74) is 2.95. The van der Waals surface area contributed by atoms with Crippen LogP contribution in [0, 0.1) is 22.8 Å². The molecule has 0 bridgehead atoms. The standard InChI is InChI=1S/C18H31/c1-10-16(13-15(4)14(2)3)18(8,9)12-11-17(5,6)7/h11-14H,1-9H3. The molecule has 0 aliphatic carbocycles. The van der Waals surface area contributed by atoms with Crippen molar-refractivity contribution >= 4 is 0 Å². The summed E-state index contributed by atoms with van der Waals surface area (Å²) in [6.45, 7) is 19.9. The lowest BCUT2D eigenvalue weighted by Gasteiger charge is -2.25. The highest BCUT2D eigenvalue weighted by atomic mass is 14.2. The van der Waals surface area contributed by atoms with E-state index in [4.69, 9.17) is 0 Å². The van der Waals surface area contributed by atoms with Crippen molar-refractivity contribution in [1.82, 2.24) is 0 Å². The molecule has 0 heteroatoms. The molecule has 0 aromatic rings. The lowest BCUT2D eigenvalue weighted by atomic mass is 9.80. The average molecular weight is 247 g/mol. The first-order chi connectivity index (χ1) is 7.99. The van der Waals surface area contributed by atoms with Gasteiger partial charge in [0.15, 0.2) is 0 Å². The number of hydrogen-bond donors (Lipinski definition) is 0. The van der Waals surface area contributed by atoms with Crippen LogP contribution in [-0.4, -0.2) is 0 Å². The maximum atomic E-state index is 3.35. The molecule has 1 radical (unpaired) electrons. The highest BCUT2D eigenvalue weighted by Crippen LogP contribution is 2.32. The van der Waals surface area contributed by atoms with Gasteiger partial charge in [0, 0.05) is 5.41 Å². The van der Waals surface area contributed by atoms with Crippen LogP contribution in [0.3, 0.4) is 0 Å². The fourth-order valence-corrected chi connectivity index (χ4v) is 1.52. The maximum Gasteiger partial charge on any atom is 0.00782 e. The van der Waals surface area contributed by atoms with Crippen LogP contribution in [0.1, 0.15) is 62.3 Å². The largest absolute Gasteiger partial charge is 0.0823 e. The normalized spacial score (nSPS) is 15.9. The second-order valence-electron chi connectivity index (χ2n) is 7.13. The monoisotopic (exact) mass is 247 g/mol. The summed E-state index contributed by atoms with van der Waals surface area (Å²) in [4.78, 5) is 0. The van der Waals surface area contributed by atoms with Crippen LogP contribution >= 0.6 is 0 Å². The Labute approximate surface area is 115 Å². The SMILES string of the molecule is C/[C]=C(\C=C(C)C(C)C)C(C)(C)C=CC(C)(C)C. The van der Waals surface area contributed by atoms with E-state index in [1.54, 1.807) is 0 Å². The molecular weight excluding hydrogens is 216 g/mol. The van der Waals surface area contributed by atoms with Crippen molar-refractivity contribution in [2.75, 3.05) is 0 Å². The van der Waals surface area contributed by atoms with Crippen molar-refractivity contribution in [2.24, 2.45) is 16.7 Å². The molecule has 0 fully saturated rings. The van der Waals surface area contributed by atoms with E-state index in [2.05, 4.69) is 79.7 Å². The maximum absolute atomic E-state index is 3.35. The lowest BCUT2D eigenvalue weighted by Crippen LogP contribution is -2.13. The van der Waals surface area contributed by atoms with Gasteiger partial charge in [-0.2, -0.15) is 0 Å². The second kappa shape index (κ2) is 6.41. The Balaban J connectivity index is 5.20. The molecule has 0 unspecified atom stereocenters.